The van der Waals surface area contributed by atoms with Crippen molar-refractivity contribution in [3.05, 3.63) is 20.8 Å². The molecule has 1 nitrogen and oxygen atoms in total. The SMILES string of the molecule is CSC1CCCC(NCc2cc(Br)cs2)C1. The molecule has 2 atom stereocenters. The number of hydrogen-bond acceptors (Lipinski definition) is 3. The van der Waals surface area contributed by atoms with Gasteiger partial charge in [-0.05, 0) is 47.5 Å². The lowest BCUT2D eigenvalue weighted by Gasteiger charge is -2.28. The highest BCUT2D eigenvalue weighted by Gasteiger charge is 2.20. The molecule has 0 spiro atoms. The molecule has 1 fully saturated rings. The molecule has 16 heavy (non-hydrogen) atoms. The third-order valence-corrected chi connectivity index (χ3v) is 5.94. The van der Waals surface area contributed by atoms with Gasteiger partial charge >= 0.3 is 0 Å². The van der Waals surface area contributed by atoms with Gasteiger partial charge in [-0.15, -0.1) is 11.3 Å². The minimum atomic E-state index is 0.729. The number of nitrogens with one attached hydrogen (secondary N) is 1. The monoisotopic (exact) mass is 319 g/mol. The maximum absolute atomic E-state index is 3.69. The molecule has 1 saturated carbocycles. The largest absolute Gasteiger partial charge is 0.309 e. The van der Waals surface area contributed by atoms with Crippen molar-refractivity contribution >= 4 is 39.0 Å². The second-order valence-corrected chi connectivity index (χ2v) is 7.38. The van der Waals surface area contributed by atoms with Gasteiger partial charge < -0.3 is 5.32 Å². The second-order valence-electron chi connectivity index (χ2n) is 4.33. The molecule has 2 rings (SSSR count). The summed E-state index contributed by atoms with van der Waals surface area (Å²) in [5.74, 6) is 0. The van der Waals surface area contributed by atoms with E-state index >= 15 is 0 Å². The summed E-state index contributed by atoms with van der Waals surface area (Å²) in [5, 5.41) is 6.72. The number of thioether (sulfide) groups is 1. The van der Waals surface area contributed by atoms with E-state index < -0.39 is 0 Å². The van der Waals surface area contributed by atoms with Crippen LogP contribution in [0.25, 0.3) is 0 Å². The first-order chi connectivity index (χ1) is 7.78. The molecule has 1 aliphatic carbocycles. The van der Waals surface area contributed by atoms with E-state index in [0.717, 1.165) is 17.8 Å². The lowest BCUT2D eigenvalue weighted by molar-refractivity contribution is 0.381. The summed E-state index contributed by atoms with van der Waals surface area (Å²) < 4.78 is 1.21. The van der Waals surface area contributed by atoms with Crippen LogP contribution in [0, 0.1) is 0 Å². The van der Waals surface area contributed by atoms with Crippen molar-refractivity contribution in [3.63, 3.8) is 0 Å². The van der Waals surface area contributed by atoms with E-state index in [1.54, 1.807) is 0 Å². The Morgan fingerprint density at radius 3 is 3.12 bits per heavy atom. The highest BCUT2D eigenvalue weighted by Crippen LogP contribution is 2.27. The zero-order chi connectivity index (χ0) is 11.4. The van der Waals surface area contributed by atoms with Gasteiger partial charge in [0, 0.05) is 32.6 Å². The van der Waals surface area contributed by atoms with E-state index in [9.17, 15) is 0 Å². The lowest BCUT2D eigenvalue weighted by atomic mass is 9.95. The van der Waals surface area contributed by atoms with Gasteiger partial charge in [0.15, 0.2) is 0 Å². The van der Waals surface area contributed by atoms with E-state index in [1.165, 1.54) is 35.0 Å². The smallest absolute Gasteiger partial charge is 0.0302 e. The van der Waals surface area contributed by atoms with Crippen LogP contribution in [0.5, 0.6) is 0 Å². The van der Waals surface area contributed by atoms with E-state index in [2.05, 4.69) is 38.9 Å². The van der Waals surface area contributed by atoms with E-state index in [-0.39, 0.29) is 0 Å². The standard InChI is InChI=1S/C12H18BrNS2/c1-15-11-4-2-3-10(6-11)14-7-12-5-9(13)8-16-12/h5,8,10-11,14H,2-4,6-7H2,1H3. The van der Waals surface area contributed by atoms with E-state index in [4.69, 9.17) is 0 Å². The molecule has 1 heterocycles. The molecule has 4 heteroatoms. The Hall–Kier alpha value is 0.490. The fraction of sp³-hybridized carbons (Fsp3) is 0.667. The van der Waals surface area contributed by atoms with Crippen LogP contribution in [0.1, 0.15) is 30.6 Å². The van der Waals surface area contributed by atoms with Crippen molar-refractivity contribution in [2.24, 2.45) is 0 Å². The molecular formula is C12H18BrNS2. The Kier molecular flexibility index (Phi) is 5.20. The molecule has 1 aromatic heterocycles. The normalized spacial score (nSPS) is 25.9. The topological polar surface area (TPSA) is 12.0 Å². The van der Waals surface area contributed by atoms with Crippen LogP contribution in [-0.4, -0.2) is 17.5 Å². The highest BCUT2D eigenvalue weighted by atomic mass is 79.9. The first-order valence-corrected chi connectivity index (χ1v) is 8.73. The molecular weight excluding hydrogens is 302 g/mol. The average Bonchev–Trinajstić information content (AvgIpc) is 2.73. The van der Waals surface area contributed by atoms with Crippen LogP contribution in [0.15, 0.2) is 15.9 Å². The third kappa shape index (κ3) is 3.76. The molecule has 1 N–H and O–H groups in total. The van der Waals surface area contributed by atoms with Crippen LogP contribution < -0.4 is 5.32 Å². The summed E-state index contributed by atoms with van der Waals surface area (Å²) in [7, 11) is 0. The lowest BCUT2D eigenvalue weighted by Crippen LogP contribution is -2.34. The minimum absolute atomic E-state index is 0.729. The molecule has 0 amide bonds. The summed E-state index contributed by atoms with van der Waals surface area (Å²) in [6.07, 6.45) is 7.72. The predicted molar refractivity (Wildman–Crippen MR) is 78.4 cm³/mol. The Balaban J connectivity index is 1.77. The minimum Gasteiger partial charge on any atom is -0.309 e. The average molecular weight is 320 g/mol. The van der Waals surface area contributed by atoms with Crippen molar-refractivity contribution in [1.29, 1.82) is 0 Å². The first kappa shape index (κ1) is 12.9. The highest BCUT2D eigenvalue weighted by molar-refractivity contribution is 9.10. The number of hydrogen-bond donors (Lipinski definition) is 1. The summed E-state index contributed by atoms with van der Waals surface area (Å²) in [6.45, 7) is 1.03. The quantitative estimate of drug-likeness (QED) is 0.889. The van der Waals surface area contributed by atoms with Gasteiger partial charge in [-0.2, -0.15) is 11.8 Å². The number of thiophene rings is 1. The summed E-state index contributed by atoms with van der Waals surface area (Å²) in [5.41, 5.74) is 0. The molecule has 0 radical (unpaired) electrons. The second kappa shape index (κ2) is 6.43. The van der Waals surface area contributed by atoms with Crippen molar-refractivity contribution in [3.8, 4) is 0 Å². The maximum Gasteiger partial charge on any atom is 0.0302 e. The van der Waals surface area contributed by atoms with Crippen molar-refractivity contribution in [1.82, 2.24) is 5.32 Å². The molecule has 1 aromatic rings. The molecule has 1 aliphatic rings. The van der Waals surface area contributed by atoms with Crippen LogP contribution in [0.4, 0.5) is 0 Å². The molecule has 0 aliphatic heterocycles. The van der Waals surface area contributed by atoms with Gasteiger partial charge in [0.25, 0.3) is 0 Å². The summed E-state index contributed by atoms with van der Waals surface area (Å²) >= 11 is 7.36. The zero-order valence-electron chi connectivity index (χ0n) is 9.54. The van der Waals surface area contributed by atoms with Crippen molar-refractivity contribution in [2.45, 2.75) is 43.5 Å². The molecule has 0 aromatic carbocycles. The summed E-state index contributed by atoms with van der Waals surface area (Å²) in [6, 6.07) is 2.94. The van der Waals surface area contributed by atoms with Crippen molar-refractivity contribution < 1.29 is 0 Å². The molecule has 2 unspecified atom stereocenters. The summed E-state index contributed by atoms with van der Waals surface area (Å²) in [4.78, 5) is 1.43. The maximum atomic E-state index is 3.69. The number of halogens is 1. The van der Waals surface area contributed by atoms with Crippen LogP contribution in [0.3, 0.4) is 0 Å². The Morgan fingerprint density at radius 1 is 1.56 bits per heavy atom. The van der Waals surface area contributed by atoms with Crippen LogP contribution in [-0.2, 0) is 6.54 Å². The predicted octanol–water partition coefficient (Wildman–Crippen LogP) is 4.27. The van der Waals surface area contributed by atoms with Gasteiger partial charge in [0.2, 0.25) is 0 Å². The Morgan fingerprint density at radius 2 is 2.44 bits per heavy atom. The van der Waals surface area contributed by atoms with Gasteiger partial charge in [-0.3, -0.25) is 0 Å². The van der Waals surface area contributed by atoms with E-state index in [1.807, 2.05) is 23.1 Å². The molecule has 0 bridgehead atoms. The fourth-order valence-electron chi connectivity index (χ4n) is 2.24. The molecule has 0 saturated heterocycles. The van der Waals surface area contributed by atoms with Gasteiger partial charge in [-0.1, -0.05) is 6.42 Å². The van der Waals surface area contributed by atoms with E-state index in [0.29, 0.717) is 0 Å². The van der Waals surface area contributed by atoms with Crippen LogP contribution in [0.2, 0.25) is 0 Å². The van der Waals surface area contributed by atoms with Gasteiger partial charge in [0.05, 0.1) is 0 Å². The zero-order valence-corrected chi connectivity index (χ0v) is 12.8. The molecule has 90 valence electrons. The van der Waals surface area contributed by atoms with Gasteiger partial charge in [-0.25, -0.2) is 0 Å². The Bertz CT molecular complexity index is 327. The Labute approximate surface area is 115 Å². The third-order valence-electron chi connectivity index (χ3n) is 3.15. The van der Waals surface area contributed by atoms with Crippen LogP contribution >= 0.6 is 39.0 Å². The fourth-order valence-corrected chi connectivity index (χ4v) is 4.46. The number of rotatable bonds is 4. The first-order valence-electron chi connectivity index (χ1n) is 5.77. The van der Waals surface area contributed by atoms with Crippen molar-refractivity contribution in [2.75, 3.05) is 6.26 Å². The van der Waals surface area contributed by atoms with Gasteiger partial charge in [0.1, 0.15) is 0 Å².